The molecule has 0 unspecified atom stereocenters. The van der Waals surface area contributed by atoms with Crippen molar-refractivity contribution in [2.24, 2.45) is 5.92 Å². The van der Waals surface area contributed by atoms with Gasteiger partial charge in [-0.3, -0.25) is 4.79 Å². The van der Waals surface area contributed by atoms with Crippen molar-refractivity contribution < 1.29 is 14.7 Å². The Bertz CT molecular complexity index is 325. The van der Waals surface area contributed by atoms with Gasteiger partial charge in [-0.25, -0.2) is 4.79 Å². The molecule has 5 heteroatoms. The fourth-order valence-electron chi connectivity index (χ4n) is 2.96. The van der Waals surface area contributed by atoms with E-state index in [0.717, 1.165) is 18.9 Å². The lowest BCUT2D eigenvalue weighted by Crippen LogP contribution is -2.45. The molecule has 0 aromatic heterocycles. The summed E-state index contributed by atoms with van der Waals surface area (Å²) >= 11 is 0. The highest BCUT2D eigenvalue weighted by Crippen LogP contribution is 2.25. The van der Waals surface area contributed by atoms with Crippen LogP contribution in [0.25, 0.3) is 0 Å². The first kappa shape index (κ1) is 17.8. The van der Waals surface area contributed by atoms with Crippen molar-refractivity contribution in [3.63, 3.8) is 0 Å². The predicted octanol–water partition coefficient (Wildman–Crippen LogP) is 3.24. The molecule has 1 aliphatic rings. The highest BCUT2D eigenvalue weighted by molar-refractivity contribution is 5.74. The zero-order valence-corrected chi connectivity index (χ0v) is 13.4. The number of carboxylic acids is 1. The fraction of sp³-hybridized carbons (Fsp3) is 0.875. The molecular weight excluding hydrogens is 268 g/mol. The van der Waals surface area contributed by atoms with Gasteiger partial charge in [0.15, 0.2) is 0 Å². The van der Waals surface area contributed by atoms with Crippen LogP contribution < -0.4 is 5.32 Å². The first-order valence-corrected chi connectivity index (χ1v) is 8.27. The second kappa shape index (κ2) is 9.64. The summed E-state index contributed by atoms with van der Waals surface area (Å²) in [6.45, 7) is 5.15. The second-order valence-electron chi connectivity index (χ2n) is 6.31. The summed E-state index contributed by atoms with van der Waals surface area (Å²) in [5.41, 5.74) is 0. The van der Waals surface area contributed by atoms with Gasteiger partial charge in [-0.1, -0.05) is 32.1 Å². The Hall–Kier alpha value is -1.26. The van der Waals surface area contributed by atoms with Gasteiger partial charge in [0.1, 0.15) is 0 Å². The van der Waals surface area contributed by atoms with E-state index in [9.17, 15) is 9.59 Å². The van der Waals surface area contributed by atoms with Crippen molar-refractivity contribution >= 4 is 12.0 Å². The number of nitrogens with one attached hydrogen (secondary N) is 1. The second-order valence-corrected chi connectivity index (χ2v) is 6.31. The molecular formula is C16H30N2O3. The Morgan fingerprint density at radius 1 is 1.24 bits per heavy atom. The van der Waals surface area contributed by atoms with Gasteiger partial charge in [-0.15, -0.1) is 0 Å². The van der Waals surface area contributed by atoms with Gasteiger partial charge >= 0.3 is 12.0 Å². The SMILES string of the molecule is CC(C)N(CCCC(=O)O)C(=O)NCCC1CCCCC1. The molecule has 0 aromatic carbocycles. The first-order valence-electron chi connectivity index (χ1n) is 8.27. The van der Waals surface area contributed by atoms with Crippen molar-refractivity contribution in [3.05, 3.63) is 0 Å². The Kier molecular flexibility index (Phi) is 8.16. The van der Waals surface area contributed by atoms with Crippen molar-refractivity contribution in [2.45, 2.75) is 71.3 Å². The zero-order chi connectivity index (χ0) is 15.7. The third-order valence-electron chi connectivity index (χ3n) is 4.23. The molecule has 0 aromatic rings. The van der Waals surface area contributed by atoms with Gasteiger partial charge in [-0.05, 0) is 32.6 Å². The van der Waals surface area contributed by atoms with Crippen molar-refractivity contribution in [3.8, 4) is 0 Å². The van der Waals surface area contributed by atoms with Gasteiger partial charge in [0, 0.05) is 25.6 Å². The maximum Gasteiger partial charge on any atom is 0.317 e. The Morgan fingerprint density at radius 2 is 1.90 bits per heavy atom. The maximum atomic E-state index is 12.2. The lowest BCUT2D eigenvalue weighted by molar-refractivity contribution is -0.137. The molecule has 0 spiro atoms. The summed E-state index contributed by atoms with van der Waals surface area (Å²) in [6.07, 6.45) is 8.27. The number of carbonyl (C=O) groups excluding carboxylic acids is 1. The number of hydrogen-bond acceptors (Lipinski definition) is 2. The minimum Gasteiger partial charge on any atom is -0.481 e. The summed E-state index contributed by atoms with van der Waals surface area (Å²) < 4.78 is 0. The number of hydrogen-bond donors (Lipinski definition) is 2. The first-order chi connectivity index (χ1) is 10.0. The van der Waals surface area contributed by atoms with E-state index in [-0.39, 0.29) is 18.5 Å². The number of carbonyl (C=O) groups is 2. The van der Waals surface area contributed by atoms with Crippen LogP contribution in [0.4, 0.5) is 4.79 Å². The molecule has 122 valence electrons. The summed E-state index contributed by atoms with van der Waals surface area (Å²) in [7, 11) is 0. The molecule has 0 heterocycles. The molecule has 0 saturated heterocycles. The van der Waals surface area contributed by atoms with E-state index in [1.165, 1.54) is 32.1 Å². The standard InChI is InChI=1S/C16H30N2O3/c1-13(2)18(12-6-9-15(19)20)16(21)17-11-10-14-7-4-3-5-8-14/h13-14H,3-12H2,1-2H3,(H,17,21)(H,19,20). The third-order valence-corrected chi connectivity index (χ3v) is 4.23. The topological polar surface area (TPSA) is 69.6 Å². The quantitative estimate of drug-likeness (QED) is 0.722. The normalized spacial score (nSPS) is 16.0. The van der Waals surface area contributed by atoms with E-state index in [2.05, 4.69) is 5.32 Å². The lowest BCUT2D eigenvalue weighted by atomic mass is 9.87. The summed E-state index contributed by atoms with van der Waals surface area (Å²) in [4.78, 5) is 24.4. The van der Waals surface area contributed by atoms with Gasteiger partial charge in [0.2, 0.25) is 0 Å². The van der Waals surface area contributed by atoms with Crippen LogP contribution in [-0.4, -0.2) is 41.1 Å². The molecule has 2 N–H and O–H groups in total. The lowest BCUT2D eigenvalue weighted by Gasteiger charge is -2.27. The highest BCUT2D eigenvalue weighted by atomic mass is 16.4. The van der Waals surface area contributed by atoms with Crippen molar-refractivity contribution in [1.29, 1.82) is 0 Å². The van der Waals surface area contributed by atoms with Crippen LogP contribution in [-0.2, 0) is 4.79 Å². The molecule has 0 radical (unpaired) electrons. The summed E-state index contributed by atoms with van der Waals surface area (Å²) in [6, 6.07) is 0.0275. The van der Waals surface area contributed by atoms with E-state index in [1.54, 1.807) is 4.90 Å². The summed E-state index contributed by atoms with van der Waals surface area (Å²) in [5, 5.41) is 11.7. The zero-order valence-electron chi connectivity index (χ0n) is 13.4. The van der Waals surface area contributed by atoms with Crippen molar-refractivity contribution in [2.75, 3.05) is 13.1 Å². The van der Waals surface area contributed by atoms with Crippen LogP contribution in [0, 0.1) is 5.92 Å². The predicted molar refractivity (Wildman–Crippen MR) is 83.3 cm³/mol. The molecule has 21 heavy (non-hydrogen) atoms. The highest BCUT2D eigenvalue weighted by Gasteiger charge is 2.18. The van der Waals surface area contributed by atoms with Crippen LogP contribution in [0.15, 0.2) is 0 Å². The summed E-state index contributed by atoms with van der Waals surface area (Å²) in [5.74, 6) is -0.0463. The molecule has 2 amide bonds. The number of carboxylic acid groups (broad SMARTS) is 1. The number of aliphatic carboxylic acids is 1. The van der Waals surface area contributed by atoms with Crippen LogP contribution in [0.1, 0.15) is 65.2 Å². The molecule has 5 nitrogen and oxygen atoms in total. The largest absolute Gasteiger partial charge is 0.481 e. The molecule has 1 aliphatic carbocycles. The van der Waals surface area contributed by atoms with Gasteiger partial charge < -0.3 is 15.3 Å². The van der Waals surface area contributed by atoms with E-state index in [4.69, 9.17) is 5.11 Å². The number of rotatable bonds is 8. The molecule has 0 atom stereocenters. The third kappa shape index (κ3) is 7.34. The van der Waals surface area contributed by atoms with E-state index >= 15 is 0 Å². The van der Waals surface area contributed by atoms with Crippen LogP contribution in [0.2, 0.25) is 0 Å². The number of nitrogens with zero attached hydrogens (tertiary/aromatic N) is 1. The van der Waals surface area contributed by atoms with Crippen LogP contribution >= 0.6 is 0 Å². The molecule has 0 aliphatic heterocycles. The van der Waals surface area contributed by atoms with Crippen molar-refractivity contribution in [1.82, 2.24) is 10.2 Å². The average Bonchev–Trinajstić information content (AvgIpc) is 2.44. The molecule has 0 bridgehead atoms. The smallest absolute Gasteiger partial charge is 0.317 e. The minimum atomic E-state index is -0.809. The minimum absolute atomic E-state index is 0.0637. The fourth-order valence-corrected chi connectivity index (χ4v) is 2.96. The Balaban J connectivity index is 2.26. The molecule has 1 rings (SSSR count). The van der Waals surface area contributed by atoms with E-state index < -0.39 is 5.97 Å². The molecule has 1 saturated carbocycles. The van der Waals surface area contributed by atoms with Gasteiger partial charge in [0.05, 0.1) is 0 Å². The molecule has 1 fully saturated rings. The number of urea groups is 1. The van der Waals surface area contributed by atoms with E-state index in [1.807, 2.05) is 13.8 Å². The monoisotopic (exact) mass is 298 g/mol. The maximum absolute atomic E-state index is 12.2. The number of amides is 2. The van der Waals surface area contributed by atoms with E-state index in [0.29, 0.717) is 13.0 Å². The Labute approximate surface area is 128 Å². The van der Waals surface area contributed by atoms with Crippen LogP contribution in [0.3, 0.4) is 0 Å². The van der Waals surface area contributed by atoms with Gasteiger partial charge in [-0.2, -0.15) is 0 Å². The average molecular weight is 298 g/mol. The van der Waals surface area contributed by atoms with Crippen LogP contribution in [0.5, 0.6) is 0 Å². The van der Waals surface area contributed by atoms with Gasteiger partial charge in [0.25, 0.3) is 0 Å². The Morgan fingerprint density at radius 3 is 2.48 bits per heavy atom.